The van der Waals surface area contributed by atoms with Crippen molar-refractivity contribution in [1.29, 1.82) is 0 Å². The molecule has 1 aliphatic carbocycles. The van der Waals surface area contributed by atoms with Gasteiger partial charge in [-0.05, 0) is 31.7 Å². The number of hydrogen-bond acceptors (Lipinski definition) is 4. The fourth-order valence-corrected chi connectivity index (χ4v) is 3.29. The molecule has 1 amide bonds. The predicted octanol–water partition coefficient (Wildman–Crippen LogP) is 1.50. The first-order valence-electron chi connectivity index (χ1n) is 8.56. The lowest BCUT2D eigenvalue weighted by Gasteiger charge is -2.41. The van der Waals surface area contributed by atoms with Crippen LogP contribution in [0.5, 0.6) is 0 Å². The van der Waals surface area contributed by atoms with E-state index in [-0.39, 0.29) is 24.1 Å². The lowest BCUT2D eigenvalue weighted by molar-refractivity contribution is -0.125. The molecule has 2 N–H and O–H groups in total. The highest BCUT2D eigenvalue weighted by molar-refractivity contribution is 5.76. The van der Waals surface area contributed by atoms with Crippen LogP contribution in [0.2, 0.25) is 0 Å². The highest BCUT2D eigenvalue weighted by Crippen LogP contribution is 2.31. The maximum Gasteiger partial charge on any atom is 0.267 e. The summed E-state index contributed by atoms with van der Waals surface area (Å²) in [6.45, 7) is 3.61. The van der Waals surface area contributed by atoms with Crippen LogP contribution in [0.25, 0.3) is 11.1 Å². The quantitative estimate of drug-likeness (QED) is 0.863. The molecule has 0 spiro atoms. The number of hydrogen-bond donors (Lipinski definition) is 2. The summed E-state index contributed by atoms with van der Waals surface area (Å²) in [7, 11) is 0. The SMILES string of the molecule is CCc1nn(CC(=O)N[C@H]2C[C@@](C)(O)C2)c(=O)cc1-c1ccccc1. The summed E-state index contributed by atoms with van der Waals surface area (Å²) < 4.78 is 1.21. The van der Waals surface area contributed by atoms with E-state index in [1.807, 2.05) is 37.3 Å². The predicted molar refractivity (Wildman–Crippen MR) is 95.1 cm³/mol. The molecule has 0 aliphatic heterocycles. The van der Waals surface area contributed by atoms with Crippen LogP contribution in [0.15, 0.2) is 41.2 Å². The lowest BCUT2D eigenvalue weighted by Crippen LogP contribution is -2.54. The number of nitrogens with one attached hydrogen (secondary N) is 1. The molecule has 6 nitrogen and oxygen atoms in total. The van der Waals surface area contributed by atoms with Crippen molar-refractivity contribution in [3.05, 3.63) is 52.4 Å². The van der Waals surface area contributed by atoms with Crippen molar-refractivity contribution in [1.82, 2.24) is 15.1 Å². The monoisotopic (exact) mass is 341 g/mol. The molecule has 0 bridgehead atoms. The first kappa shape index (κ1) is 17.4. The van der Waals surface area contributed by atoms with Crippen molar-refractivity contribution in [2.45, 2.75) is 51.3 Å². The van der Waals surface area contributed by atoms with E-state index in [9.17, 15) is 14.7 Å². The summed E-state index contributed by atoms with van der Waals surface area (Å²) in [6, 6.07) is 11.1. The van der Waals surface area contributed by atoms with Gasteiger partial charge in [0.25, 0.3) is 5.56 Å². The zero-order valence-electron chi connectivity index (χ0n) is 14.5. The molecule has 1 aliphatic rings. The maximum absolute atomic E-state index is 12.4. The summed E-state index contributed by atoms with van der Waals surface area (Å²) in [6.07, 6.45) is 1.74. The second-order valence-corrected chi connectivity index (χ2v) is 6.89. The second kappa shape index (κ2) is 6.80. The Morgan fingerprint density at radius 3 is 2.64 bits per heavy atom. The summed E-state index contributed by atoms with van der Waals surface area (Å²) in [5, 5.41) is 16.9. The Morgan fingerprint density at radius 2 is 2.04 bits per heavy atom. The largest absolute Gasteiger partial charge is 0.390 e. The molecule has 1 fully saturated rings. The molecule has 1 aromatic heterocycles. The average molecular weight is 341 g/mol. The summed E-state index contributed by atoms with van der Waals surface area (Å²) in [5.41, 5.74) is 1.54. The van der Waals surface area contributed by atoms with E-state index in [1.54, 1.807) is 13.0 Å². The van der Waals surface area contributed by atoms with Gasteiger partial charge in [0.2, 0.25) is 5.91 Å². The number of aromatic nitrogens is 2. The highest BCUT2D eigenvalue weighted by Gasteiger charge is 2.39. The molecule has 132 valence electrons. The number of nitrogens with zero attached hydrogens (tertiary/aromatic N) is 2. The number of rotatable bonds is 5. The van der Waals surface area contributed by atoms with Crippen LogP contribution in [0.1, 0.15) is 32.4 Å². The molecule has 0 saturated heterocycles. The Morgan fingerprint density at radius 1 is 1.36 bits per heavy atom. The maximum atomic E-state index is 12.4. The van der Waals surface area contributed by atoms with Gasteiger partial charge < -0.3 is 10.4 Å². The molecular formula is C19H23N3O3. The summed E-state index contributed by atoms with van der Waals surface area (Å²) >= 11 is 0. The van der Waals surface area contributed by atoms with Crippen molar-refractivity contribution >= 4 is 5.91 Å². The smallest absolute Gasteiger partial charge is 0.267 e. The van der Waals surface area contributed by atoms with Crippen LogP contribution in [-0.2, 0) is 17.8 Å². The number of aryl methyl sites for hydroxylation is 1. The second-order valence-electron chi connectivity index (χ2n) is 6.89. The molecule has 1 heterocycles. The molecular weight excluding hydrogens is 318 g/mol. The lowest BCUT2D eigenvalue weighted by atomic mass is 9.77. The van der Waals surface area contributed by atoms with Crippen LogP contribution >= 0.6 is 0 Å². The van der Waals surface area contributed by atoms with Crippen molar-refractivity contribution in [2.75, 3.05) is 0 Å². The topological polar surface area (TPSA) is 84.2 Å². The van der Waals surface area contributed by atoms with E-state index < -0.39 is 5.60 Å². The van der Waals surface area contributed by atoms with Crippen LogP contribution in [0.3, 0.4) is 0 Å². The van der Waals surface area contributed by atoms with E-state index in [0.717, 1.165) is 16.8 Å². The van der Waals surface area contributed by atoms with Gasteiger partial charge in [-0.1, -0.05) is 37.3 Å². The van der Waals surface area contributed by atoms with Crippen LogP contribution in [0.4, 0.5) is 0 Å². The molecule has 3 rings (SSSR count). The van der Waals surface area contributed by atoms with Crippen molar-refractivity contribution in [2.24, 2.45) is 0 Å². The van der Waals surface area contributed by atoms with Gasteiger partial charge in [0, 0.05) is 17.7 Å². The number of amides is 1. The fourth-order valence-electron chi connectivity index (χ4n) is 3.29. The summed E-state index contributed by atoms with van der Waals surface area (Å²) in [4.78, 5) is 24.5. The van der Waals surface area contributed by atoms with Gasteiger partial charge in [-0.25, -0.2) is 4.68 Å². The van der Waals surface area contributed by atoms with E-state index in [1.165, 1.54) is 4.68 Å². The minimum atomic E-state index is -0.695. The molecule has 1 aromatic carbocycles. The number of benzene rings is 1. The molecule has 6 heteroatoms. The zero-order valence-corrected chi connectivity index (χ0v) is 14.5. The van der Waals surface area contributed by atoms with Gasteiger partial charge in [0.1, 0.15) is 6.54 Å². The highest BCUT2D eigenvalue weighted by atomic mass is 16.3. The van der Waals surface area contributed by atoms with E-state index in [0.29, 0.717) is 19.3 Å². The summed E-state index contributed by atoms with van der Waals surface area (Å²) in [5.74, 6) is -0.260. The number of aliphatic hydroxyl groups is 1. The third-order valence-electron chi connectivity index (χ3n) is 4.52. The van der Waals surface area contributed by atoms with Gasteiger partial charge >= 0.3 is 0 Å². The molecule has 0 radical (unpaired) electrons. The van der Waals surface area contributed by atoms with Crippen LogP contribution in [-0.4, -0.2) is 32.4 Å². The van der Waals surface area contributed by atoms with Crippen LogP contribution < -0.4 is 10.9 Å². The fraction of sp³-hybridized carbons (Fsp3) is 0.421. The third kappa shape index (κ3) is 3.96. The van der Waals surface area contributed by atoms with E-state index >= 15 is 0 Å². The number of carbonyl (C=O) groups excluding carboxylic acids is 1. The average Bonchev–Trinajstić information content (AvgIpc) is 2.55. The molecule has 1 saturated carbocycles. The first-order chi connectivity index (χ1) is 11.9. The van der Waals surface area contributed by atoms with Gasteiger partial charge in [0.05, 0.1) is 11.3 Å². The Hall–Kier alpha value is -2.47. The number of carbonyl (C=O) groups is 1. The Labute approximate surface area is 146 Å². The van der Waals surface area contributed by atoms with Crippen molar-refractivity contribution in [3.8, 4) is 11.1 Å². The normalized spacial score (nSPS) is 22.3. The van der Waals surface area contributed by atoms with E-state index in [2.05, 4.69) is 10.4 Å². The Kier molecular flexibility index (Phi) is 4.72. The standard InChI is InChI=1S/C19H23N3O3/c1-3-16-15(13-7-5-4-6-8-13)9-18(24)22(21-16)12-17(23)20-14-10-19(2,25)11-14/h4-9,14,25H,3,10-12H2,1-2H3,(H,20,23)/t14-,19+. The molecule has 0 unspecified atom stereocenters. The van der Waals surface area contributed by atoms with Gasteiger partial charge in [0.15, 0.2) is 0 Å². The first-order valence-corrected chi connectivity index (χ1v) is 8.56. The van der Waals surface area contributed by atoms with Crippen LogP contribution in [0, 0.1) is 0 Å². The molecule has 2 aromatic rings. The van der Waals surface area contributed by atoms with E-state index in [4.69, 9.17) is 0 Å². The van der Waals surface area contributed by atoms with Crippen molar-refractivity contribution in [3.63, 3.8) is 0 Å². The minimum Gasteiger partial charge on any atom is -0.390 e. The van der Waals surface area contributed by atoms with Gasteiger partial charge in [-0.2, -0.15) is 5.10 Å². The molecule has 0 atom stereocenters. The van der Waals surface area contributed by atoms with Gasteiger partial charge in [-0.3, -0.25) is 9.59 Å². The molecule has 25 heavy (non-hydrogen) atoms. The van der Waals surface area contributed by atoms with Crippen molar-refractivity contribution < 1.29 is 9.90 Å². The third-order valence-corrected chi connectivity index (χ3v) is 4.52. The minimum absolute atomic E-state index is 0.0348. The Balaban J connectivity index is 1.76. The Bertz CT molecular complexity index is 820. The zero-order chi connectivity index (χ0) is 18.0. The van der Waals surface area contributed by atoms with Gasteiger partial charge in [-0.15, -0.1) is 0 Å².